The molecule has 6 heteroatoms. The van der Waals surface area contributed by atoms with Gasteiger partial charge in [0, 0.05) is 16.2 Å². The Morgan fingerprint density at radius 2 is 2.16 bits per heavy atom. The third-order valence-electron chi connectivity index (χ3n) is 2.81. The van der Waals surface area contributed by atoms with Gasteiger partial charge in [-0.05, 0) is 40.2 Å². The van der Waals surface area contributed by atoms with Crippen molar-refractivity contribution in [2.75, 3.05) is 12.8 Å². The quantitative estimate of drug-likeness (QED) is 0.712. The lowest BCUT2D eigenvalue weighted by Gasteiger charge is -2.05. The molecule has 3 N–H and O–H groups in total. The van der Waals surface area contributed by atoms with Gasteiger partial charge in [-0.2, -0.15) is 0 Å². The van der Waals surface area contributed by atoms with Crippen LogP contribution in [0.25, 0.3) is 22.6 Å². The first-order valence-electron chi connectivity index (χ1n) is 5.62. The molecule has 0 saturated carbocycles. The minimum Gasteiger partial charge on any atom is -0.495 e. The summed E-state index contributed by atoms with van der Waals surface area (Å²) in [6, 6.07) is 7.49. The molecular formula is C13H11BrN4O. The Balaban J connectivity index is 2.11. The first-order valence-corrected chi connectivity index (χ1v) is 6.42. The van der Waals surface area contributed by atoms with Crippen molar-refractivity contribution >= 4 is 32.8 Å². The lowest BCUT2D eigenvalue weighted by atomic mass is 10.2. The van der Waals surface area contributed by atoms with E-state index in [-0.39, 0.29) is 0 Å². The van der Waals surface area contributed by atoms with Crippen molar-refractivity contribution in [1.82, 2.24) is 15.0 Å². The lowest BCUT2D eigenvalue weighted by molar-refractivity contribution is 0.417. The molecular weight excluding hydrogens is 308 g/mol. The van der Waals surface area contributed by atoms with Crippen molar-refractivity contribution in [1.29, 1.82) is 0 Å². The minimum absolute atomic E-state index is 0.578. The van der Waals surface area contributed by atoms with Gasteiger partial charge in [0.15, 0.2) is 5.65 Å². The molecule has 3 rings (SSSR count). The number of fused-ring (bicyclic) bond motifs is 1. The molecule has 2 heterocycles. The van der Waals surface area contributed by atoms with Crippen molar-refractivity contribution in [3.63, 3.8) is 0 Å². The molecule has 0 amide bonds. The van der Waals surface area contributed by atoms with E-state index in [0.29, 0.717) is 17.1 Å². The summed E-state index contributed by atoms with van der Waals surface area (Å²) in [5, 5.41) is 0. The van der Waals surface area contributed by atoms with Gasteiger partial charge in [0.05, 0.1) is 18.3 Å². The summed E-state index contributed by atoms with van der Waals surface area (Å²) in [4.78, 5) is 11.9. The molecule has 0 radical (unpaired) electrons. The molecule has 0 aliphatic rings. The van der Waals surface area contributed by atoms with Crippen LogP contribution in [0.5, 0.6) is 5.75 Å². The summed E-state index contributed by atoms with van der Waals surface area (Å²) in [5.74, 6) is 1.38. The number of halogens is 1. The Morgan fingerprint density at radius 3 is 2.89 bits per heavy atom. The first-order chi connectivity index (χ1) is 9.17. The fourth-order valence-corrected chi connectivity index (χ4v) is 2.22. The minimum atomic E-state index is 0.578. The van der Waals surface area contributed by atoms with Gasteiger partial charge in [-0.3, -0.25) is 0 Å². The fraction of sp³-hybridized carbons (Fsp3) is 0.0769. The predicted molar refractivity (Wildman–Crippen MR) is 78.0 cm³/mol. The summed E-state index contributed by atoms with van der Waals surface area (Å²) < 4.78 is 6.04. The number of hydrogen-bond acceptors (Lipinski definition) is 4. The zero-order chi connectivity index (χ0) is 13.4. The average molecular weight is 319 g/mol. The second-order valence-corrected chi connectivity index (χ2v) is 4.98. The van der Waals surface area contributed by atoms with Crippen LogP contribution in [0.1, 0.15) is 0 Å². The highest BCUT2D eigenvalue weighted by Gasteiger charge is 2.08. The van der Waals surface area contributed by atoms with Crippen LogP contribution in [-0.2, 0) is 0 Å². The maximum Gasteiger partial charge on any atom is 0.178 e. The number of methoxy groups -OCH3 is 1. The number of ether oxygens (including phenoxy) is 1. The van der Waals surface area contributed by atoms with E-state index in [0.717, 1.165) is 21.4 Å². The Bertz CT molecular complexity index is 753. The lowest BCUT2D eigenvalue weighted by Crippen LogP contribution is -1.93. The SMILES string of the molecule is COc1ccc(-c2nc3ncc(Br)cc3[nH]2)cc1N. The first kappa shape index (κ1) is 12.0. The number of H-pyrrole nitrogens is 1. The summed E-state index contributed by atoms with van der Waals surface area (Å²) in [5.41, 5.74) is 8.92. The van der Waals surface area contributed by atoms with E-state index in [1.165, 1.54) is 0 Å². The Morgan fingerprint density at radius 1 is 1.32 bits per heavy atom. The number of pyridine rings is 1. The number of nitrogens with one attached hydrogen (secondary N) is 1. The molecule has 3 aromatic rings. The maximum absolute atomic E-state index is 5.90. The number of imidazole rings is 1. The molecule has 1 aromatic carbocycles. The summed E-state index contributed by atoms with van der Waals surface area (Å²) in [6.45, 7) is 0. The van der Waals surface area contributed by atoms with Crippen LogP contribution in [0, 0.1) is 0 Å². The van der Waals surface area contributed by atoms with Crippen LogP contribution >= 0.6 is 15.9 Å². The van der Waals surface area contributed by atoms with Gasteiger partial charge in [-0.1, -0.05) is 0 Å². The third-order valence-corrected chi connectivity index (χ3v) is 3.24. The standard InChI is InChI=1S/C13H11BrN4O/c1-19-11-3-2-7(4-9(11)15)12-17-10-5-8(14)6-16-13(10)18-12/h2-6H,15H2,1H3,(H,16,17,18). The zero-order valence-corrected chi connectivity index (χ0v) is 11.7. The van der Waals surface area contributed by atoms with Crippen LogP contribution in [0.3, 0.4) is 0 Å². The van der Waals surface area contributed by atoms with Crippen molar-refractivity contribution in [2.24, 2.45) is 0 Å². The third kappa shape index (κ3) is 2.15. The largest absolute Gasteiger partial charge is 0.495 e. The molecule has 2 aromatic heterocycles. The number of hydrogen-bond donors (Lipinski definition) is 2. The van der Waals surface area contributed by atoms with Crippen molar-refractivity contribution < 1.29 is 4.74 Å². The number of rotatable bonds is 2. The van der Waals surface area contributed by atoms with Crippen LogP contribution in [0.15, 0.2) is 34.9 Å². The number of nitrogen functional groups attached to an aromatic ring is 1. The summed E-state index contributed by atoms with van der Waals surface area (Å²) in [6.07, 6.45) is 1.72. The molecule has 0 fully saturated rings. The van der Waals surface area contributed by atoms with Crippen LogP contribution in [-0.4, -0.2) is 22.1 Å². The second-order valence-electron chi connectivity index (χ2n) is 4.07. The van der Waals surface area contributed by atoms with Gasteiger partial charge < -0.3 is 15.5 Å². The normalized spacial score (nSPS) is 10.8. The predicted octanol–water partition coefficient (Wildman–Crippen LogP) is 2.98. The number of aromatic nitrogens is 3. The Labute approximate surface area is 118 Å². The van der Waals surface area contributed by atoms with Gasteiger partial charge in [0.25, 0.3) is 0 Å². The summed E-state index contributed by atoms with van der Waals surface area (Å²) >= 11 is 3.38. The highest BCUT2D eigenvalue weighted by Crippen LogP contribution is 2.28. The molecule has 96 valence electrons. The molecule has 0 unspecified atom stereocenters. The average Bonchev–Trinajstić information content (AvgIpc) is 2.81. The molecule has 0 spiro atoms. The molecule has 19 heavy (non-hydrogen) atoms. The molecule has 0 saturated heterocycles. The number of nitrogens with two attached hydrogens (primary N) is 1. The number of anilines is 1. The highest BCUT2D eigenvalue weighted by atomic mass is 79.9. The van der Waals surface area contributed by atoms with Gasteiger partial charge in [0.2, 0.25) is 0 Å². The number of aromatic amines is 1. The number of nitrogens with zero attached hydrogens (tertiary/aromatic N) is 2. The van der Waals surface area contributed by atoms with E-state index < -0.39 is 0 Å². The molecule has 5 nitrogen and oxygen atoms in total. The highest BCUT2D eigenvalue weighted by molar-refractivity contribution is 9.10. The van der Waals surface area contributed by atoms with Crippen LogP contribution in [0.2, 0.25) is 0 Å². The smallest absolute Gasteiger partial charge is 0.178 e. The van der Waals surface area contributed by atoms with Crippen LogP contribution in [0.4, 0.5) is 5.69 Å². The van der Waals surface area contributed by atoms with Crippen molar-refractivity contribution in [3.8, 4) is 17.1 Å². The topological polar surface area (TPSA) is 76.8 Å². The second kappa shape index (κ2) is 4.55. The van der Waals surface area contributed by atoms with E-state index in [4.69, 9.17) is 10.5 Å². The zero-order valence-electron chi connectivity index (χ0n) is 10.1. The van der Waals surface area contributed by atoms with E-state index in [1.807, 2.05) is 24.3 Å². The molecule has 0 aliphatic heterocycles. The van der Waals surface area contributed by atoms with Gasteiger partial charge in [-0.25, -0.2) is 9.97 Å². The van der Waals surface area contributed by atoms with Crippen LogP contribution < -0.4 is 10.5 Å². The number of benzene rings is 1. The van der Waals surface area contributed by atoms with E-state index in [9.17, 15) is 0 Å². The maximum atomic E-state index is 5.90. The molecule has 0 bridgehead atoms. The van der Waals surface area contributed by atoms with Crippen molar-refractivity contribution in [3.05, 3.63) is 34.9 Å². The summed E-state index contributed by atoms with van der Waals surface area (Å²) in [7, 11) is 1.59. The van der Waals surface area contributed by atoms with Gasteiger partial charge in [-0.15, -0.1) is 0 Å². The Hall–Kier alpha value is -2.08. The fourth-order valence-electron chi connectivity index (χ4n) is 1.89. The molecule has 0 atom stereocenters. The van der Waals surface area contributed by atoms with E-state index in [1.54, 1.807) is 13.3 Å². The molecule has 0 aliphatic carbocycles. The van der Waals surface area contributed by atoms with E-state index in [2.05, 4.69) is 30.9 Å². The van der Waals surface area contributed by atoms with Gasteiger partial charge >= 0.3 is 0 Å². The van der Waals surface area contributed by atoms with E-state index >= 15 is 0 Å². The Kier molecular flexibility index (Phi) is 2.87. The monoisotopic (exact) mass is 318 g/mol. The van der Waals surface area contributed by atoms with Crippen molar-refractivity contribution in [2.45, 2.75) is 0 Å². The van der Waals surface area contributed by atoms with Gasteiger partial charge in [0.1, 0.15) is 11.6 Å².